The van der Waals surface area contributed by atoms with E-state index in [9.17, 15) is 22.4 Å². The molecule has 0 spiro atoms. The lowest BCUT2D eigenvalue weighted by molar-refractivity contribution is -0.148. The summed E-state index contributed by atoms with van der Waals surface area (Å²) >= 11 is 0. The van der Waals surface area contributed by atoms with Gasteiger partial charge in [0, 0.05) is 5.56 Å². The molecule has 1 rings (SSSR count). The summed E-state index contributed by atoms with van der Waals surface area (Å²) in [6, 6.07) is 0. The van der Waals surface area contributed by atoms with E-state index in [-0.39, 0.29) is 0 Å². The summed E-state index contributed by atoms with van der Waals surface area (Å²) in [5, 5.41) is 0. The summed E-state index contributed by atoms with van der Waals surface area (Å²) in [6.45, 7) is 5.01. The van der Waals surface area contributed by atoms with Gasteiger partial charge in [0.15, 0.2) is 23.3 Å². The molecule has 1 radical (unpaired) electrons. The summed E-state index contributed by atoms with van der Waals surface area (Å²) in [5.74, 6) is -7.63. The number of hydrogen-bond donors (Lipinski definition) is 0. The Morgan fingerprint density at radius 3 is 1.94 bits per heavy atom. The van der Waals surface area contributed by atoms with Crippen molar-refractivity contribution in [3.8, 4) is 0 Å². The molecular weight excluding hydrogens is 252 g/mol. The lowest BCUT2D eigenvalue weighted by Gasteiger charge is -2.11. The Bertz CT molecular complexity index is 454. The monoisotopic (exact) mass is 263 g/mol. The number of hydrogen-bond acceptors (Lipinski definition) is 2. The minimum absolute atomic E-state index is 0.516. The molecule has 18 heavy (non-hydrogen) atoms. The van der Waals surface area contributed by atoms with Crippen LogP contribution in [0.5, 0.6) is 0 Å². The lowest BCUT2D eigenvalue weighted by atomic mass is 10.1. The van der Waals surface area contributed by atoms with Crippen molar-refractivity contribution in [3.05, 3.63) is 41.3 Å². The molecule has 0 bridgehead atoms. The van der Waals surface area contributed by atoms with Gasteiger partial charge in [0.1, 0.15) is 6.61 Å². The second-order valence-corrected chi connectivity index (χ2v) is 3.98. The van der Waals surface area contributed by atoms with E-state index in [1.807, 2.05) is 0 Å². The molecule has 0 amide bonds. The smallest absolute Gasteiger partial charge is 0.308 e. The lowest BCUT2D eigenvalue weighted by Crippen LogP contribution is -2.14. The number of carbonyl (C=O) groups is 1. The third kappa shape index (κ3) is 2.63. The average molecular weight is 263 g/mol. The topological polar surface area (TPSA) is 26.3 Å². The second kappa shape index (κ2) is 5.37. The third-order valence-electron chi connectivity index (χ3n) is 2.28. The van der Waals surface area contributed by atoms with Gasteiger partial charge in [-0.3, -0.25) is 4.79 Å². The summed E-state index contributed by atoms with van der Waals surface area (Å²) in [5.41, 5.74) is -1.96. The van der Waals surface area contributed by atoms with Gasteiger partial charge in [-0.1, -0.05) is 13.8 Å². The molecule has 1 aromatic carbocycles. The summed E-state index contributed by atoms with van der Waals surface area (Å²) in [4.78, 5) is 11.1. The maximum atomic E-state index is 13.3. The van der Waals surface area contributed by atoms with Gasteiger partial charge in [0.25, 0.3) is 0 Å². The van der Waals surface area contributed by atoms with Crippen LogP contribution in [0.3, 0.4) is 0 Å². The molecule has 0 N–H and O–H groups in total. The first-order chi connectivity index (χ1) is 8.27. The Hall–Kier alpha value is -1.59. The Labute approximate surface area is 102 Å². The molecule has 0 saturated heterocycles. The third-order valence-corrected chi connectivity index (χ3v) is 2.28. The molecule has 0 aliphatic carbocycles. The second-order valence-electron chi connectivity index (χ2n) is 3.98. The van der Waals surface area contributed by atoms with Gasteiger partial charge in [-0.15, -0.1) is 0 Å². The molecule has 0 aliphatic rings. The van der Waals surface area contributed by atoms with Crippen molar-refractivity contribution in [3.63, 3.8) is 0 Å². The van der Waals surface area contributed by atoms with Crippen LogP contribution in [-0.4, -0.2) is 5.97 Å². The first-order valence-corrected chi connectivity index (χ1v) is 5.10. The molecule has 1 aromatic rings. The van der Waals surface area contributed by atoms with Crippen molar-refractivity contribution in [2.75, 3.05) is 0 Å². The number of halogens is 4. The van der Waals surface area contributed by atoms with E-state index in [2.05, 4.69) is 11.7 Å². The SMILES string of the molecule is [CH2]c1c(F)c(F)c(COC(=O)C(C)C)c(F)c1F. The van der Waals surface area contributed by atoms with Crippen LogP contribution >= 0.6 is 0 Å². The highest BCUT2D eigenvalue weighted by Gasteiger charge is 2.24. The number of benzene rings is 1. The maximum absolute atomic E-state index is 13.3. The highest BCUT2D eigenvalue weighted by molar-refractivity contribution is 5.71. The Kier molecular flexibility index (Phi) is 4.32. The predicted molar refractivity (Wildman–Crippen MR) is 55.4 cm³/mol. The fourth-order valence-electron chi connectivity index (χ4n) is 1.16. The molecule has 0 aromatic heterocycles. The first kappa shape index (κ1) is 14.5. The zero-order chi connectivity index (χ0) is 14.0. The predicted octanol–water partition coefficient (Wildman–Crippen LogP) is 3.12. The Balaban J connectivity index is 3.07. The van der Waals surface area contributed by atoms with Crippen molar-refractivity contribution in [2.24, 2.45) is 5.92 Å². The van der Waals surface area contributed by atoms with Crippen molar-refractivity contribution >= 4 is 5.97 Å². The molecule has 0 aliphatic heterocycles. The number of rotatable bonds is 3. The number of esters is 1. The zero-order valence-corrected chi connectivity index (χ0v) is 9.82. The van der Waals surface area contributed by atoms with Crippen LogP contribution in [0.2, 0.25) is 0 Å². The van der Waals surface area contributed by atoms with Crippen LogP contribution in [0, 0.1) is 36.1 Å². The summed E-state index contributed by atoms with van der Waals surface area (Å²) in [6.07, 6.45) is 0. The Morgan fingerprint density at radius 2 is 1.56 bits per heavy atom. The first-order valence-electron chi connectivity index (χ1n) is 5.10. The molecule has 0 fully saturated rings. The van der Waals surface area contributed by atoms with Crippen LogP contribution in [-0.2, 0) is 16.1 Å². The maximum Gasteiger partial charge on any atom is 0.308 e. The van der Waals surface area contributed by atoms with E-state index in [0.717, 1.165) is 0 Å². The quantitative estimate of drug-likeness (QED) is 0.476. The van der Waals surface area contributed by atoms with Gasteiger partial charge in [-0.2, -0.15) is 0 Å². The molecule has 0 saturated carbocycles. The fraction of sp³-hybridized carbons (Fsp3) is 0.333. The standard InChI is InChI=1S/C12H11F4O2/c1-5(2)12(17)18-4-7-10(15)8(13)6(3)9(14)11(7)16/h5H,3-4H2,1-2H3. The van der Waals surface area contributed by atoms with E-state index in [1.54, 1.807) is 0 Å². The molecule has 6 heteroatoms. The Morgan fingerprint density at radius 1 is 1.11 bits per heavy atom. The minimum Gasteiger partial charge on any atom is -0.460 e. The van der Waals surface area contributed by atoms with Crippen molar-refractivity contribution in [2.45, 2.75) is 20.5 Å². The normalized spacial score (nSPS) is 10.9. The van der Waals surface area contributed by atoms with Gasteiger partial charge in [-0.05, 0) is 6.92 Å². The zero-order valence-electron chi connectivity index (χ0n) is 9.82. The summed E-state index contributed by atoms with van der Waals surface area (Å²) in [7, 11) is 0. The van der Waals surface area contributed by atoms with Crippen LogP contribution in [0.15, 0.2) is 0 Å². The van der Waals surface area contributed by atoms with Crippen LogP contribution in [0.25, 0.3) is 0 Å². The van der Waals surface area contributed by atoms with E-state index in [1.165, 1.54) is 13.8 Å². The van der Waals surface area contributed by atoms with Crippen LogP contribution in [0.1, 0.15) is 25.0 Å². The van der Waals surface area contributed by atoms with Gasteiger partial charge < -0.3 is 4.74 Å². The minimum atomic E-state index is -1.60. The van der Waals surface area contributed by atoms with Crippen molar-refractivity contribution in [1.29, 1.82) is 0 Å². The fourth-order valence-corrected chi connectivity index (χ4v) is 1.16. The van der Waals surface area contributed by atoms with Gasteiger partial charge in [0.2, 0.25) is 0 Å². The molecule has 0 atom stereocenters. The van der Waals surface area contributed by atoms with Gasteiger partial charge in [0.05, 0.1) is 11.5 Å². The molecule has 0 heterocycles. The van der Waals surface area contributed by atoms with Gasteiger partial charge in [-0.25, -0.2) is 17.6 Å². The highest BCUT2D eigenvalue weighted by atomic mass is 19.2. The molecule has 99 valence electrons. The highest BCUT2D eigenvalue weighted by Crippen LogP contribution is 2.24. The van der Waals surface area contributed by atoms with Crippen molar-refractivity contribution < 1.29 is 27.1 Å². The van der Waals surface area contributed by atoms with Crippen LogP contribution < -0.4 is 0 Å². The average Bonchev–Trinajstić information content (AvgIpc) is 2.33. The van der Waals surface area contributed by atoms with E-state index >= 15 is 0 Å². The summed E-state index contributed by atoms with van der Waals surface area (Å²) < 4.78 is 57.5. The molecular formula is C12H11F4O2. The van der Waals surface area contributed by atoms with E-state index in [0.29, 0.717) is 0 Å². The molecule has 0 unspecified atom stereocenters. The van der Waals surface area contributed by atoms with E-state index in [4.69, 9.17) is 0 Å². The van der Waals surface area contributed by atoms with Crippen molar-refractivity contribution in [1.82, 2.24) is 0 Å². The number of carbonyl (C=O) groups excluding carboxylic acids is 1. The number of ether oxygens (including phenoxy) is 1. The van der Waals surface area contributed by atoms with Crippen LogP contribution in [0.4, 0.5) is 17.6 Å². The molecule has 2 nitrogen and oxygen atoms in total. The van der Waals surface area contributed by atoms with Gasteiger partial charge >= 0.3 is 5.97 Å². The largest absolute Gasteiger partial charge is 0.460 e. The van der Waals surface area contributed by atoms with E-state index < -0.39 is 52.9 Å².